The minimum absolute atomic E-state index is 0.0250. The molecule has 0 radical (unpaired) electrons. The summed E-state index contributed by atoms with van der Waals surface area (Å²) < 4.78 is 11.2. The van der Waals surface area contributed by atoms with Gasteiger partial charge in [0.2, 0.25) is 0 Å². The van der Waals surface area contributed by atoms with Crippen LogP contribution in [0.4, 0.5) is 10.7 Å². The van der Waals surface area contributed by atoms with Crippen LogP contribution < -0.4 is 26.0 Å². The number of carbonyl (C=O) groups is 4. The molecule has 11 nitrogen and oxygen atoms in total. The van der Waals surface area contributed by atoms with Gasteiger partial charge in [-0.1, -0.05) is 6.07 Å². The lowest BCUT2D eigenvalue weighted by Crippen LogP contribution is -2.53. The number of hydrogen-bond donors (Lipinski definition) is 4. The van der Waals surface area contributed by atoms with E-state index in [0.717, 1.165) is 43.4 Å². The first-order valence-electron chi connectivity index (χ1n) is 12.9. The fraction of sp³-hybridized carbons (Fsp3) is 0.462. The monoisotopic (exact) mass is 539 g/mol. The van der Waals surface area contributed by atoms with Crippen LogP contribution in [0.15, 0.2) is 18.2 Å². The molecular weight excluding hydrogens is 510 g/mol. The van der Waals surface area contributed by atoms with E-state index in [9.17, 15) is 19.2 Å². The number of ether oxygens (including phenoxy) is 2. The molecule has 12 heteroatoms. The number of nitrogens with zero attached hydrogens (tertiary/aromatic N) is 1. The van der Waals surface area contributed by atoms with Crippen LogP contribution in [0.25, 0.3) is 0 Å². The molecule has 38 heavy (non-hydrogen) atoms. The lowest BCUT2D eigenvalue weighted by molar-refractivity contribution is -0.122. The third-order valence-electron chi connectivity index (χ3n) is 7.23. The average molecular weight is 540 g/mol. The van der Waals surface area contributed by atoms with E-state index in [4.69, 9.17) is 9.47 Å². The molecule has 0 aliphatic carbocycles. The minimum Gasteiger partial charge on any atom is -0.482 e. The maximum absolute atomic E-state index is 13.4. The molecule has 0 spiro atoms. The highest BCUT2D eigenvalue weighted by molar-refractivity contribution is 7.18. The van der Waals surface area contributed by atoms with E-state index in [2.05, 4.69) is 21.3 Å². The number of fused-ring (bicyclic) bond motifs is 4. The summed E-state index contributed by atoms with van der Waals surface area (Å²) in [5.74, 6) is -0.507. The van der Waals surface area contributed by atoms with E-state index in [1.165, 1.54) is 11.3 Å². The first-order chi connectivity index (χ1) is 18.5. The summed E-state index contributed by atoms with van der Waals surface area (Å²) in [4.78, 5) is 53.5. The van der Waals surface area contributed by atoms with E-state index in [1.54, 1.807) is 18.2 Å². The van der Waals surface area contributed by atoms with Crippen LogP contribution in [0.5, 0.6) is 5.75 Å². The Bertz CT molecular complexity index is 1300. The maximum atomic E-state index is 13.4. The first kappa shape index (κ1) is 24.7. The normalized spacial score (nSPS) is 22.5. The van der Waals surface area contributed by atoms with Gasteiger partial charge in [0.25, 0.3) is 23.6 Å². The Morgan fingerprint density at radius 3 is 2.89 bits per heavy atom. The van der Waals surface area contributed by atoms with Crippen molar-refractivity contribution in [1.29, 1.82) is 0 Å². The van der Waals surface area contributed by atoms with Gasteiger partial charge in [-0.15, -0.1) is 11.3 Å². The summed E-state index contributed by atoms with van der Waals surface area (Å²) in [6, 6.07) is 5.28. The summed E-state index contributed by atoms with van der Waals surface area (Å²) in [5, 5.41) is 11.9. The molecule has 5 heterocycles. The first-order valence-corrected chi connectivity index (χ1v) is 13.7. The Hall–Kier alpha value is -3.64. The predicted octanol–water partition coefficient (Wildman–Crippen LogP) is 1.83. The molecule has 1 aromatic carbocycles. The standard InChI is InChI=1S/C26H29N5O6S/c32-19-13-37-18-7-6-14(10-17(18)28-19)11-27-24(34)22-29-23(33)20-16-5-3-8-31(12-15-4-1-2-9-36-15)26(35)21(16)38-25(20)30-22/h6-7,10,15,22,30H,1-5,8-9,11-13H2,(H,27,34)(H,28,32)(H,29,33). The maximum Gasteiger partial charge on any atom is 0.264 e. The number of hydrogen-bond acceptors (Lipinski definition) is 8. The van der Waals surface area contributed by atoms with Gasteiger partial charge < -0.3 is 35.6 Å². The highest BCUT2D eigenvalue weighted by Crippen LogP contribution is 2.39. The molecule has 6 rings (SSSR count). The fourth-order valence-electron chi connectivity index (χ4n) is 5.31. The third-order valence-corrected chi connectivity index (χ3v) is 8.38. The topological polar surface area (TPSA) is 138 Å². The van der Waals surface area contributed by atoms with Gasteiger partial charge in [-0.2, -0.15) is 0 Å². The van der Waals surface area contributed by atoms with E-state index in [1.807, 2.05) is 4.90 Å². The molecule has 1 saturated heterocycles. The van der Waals surface area contributed by atoms with Crippen molar-refractivity contribution in [2.75, 3.05) is 36.9 Å². The van der Waals surface area contributed by atoms with Gasteiger partial charge in [0.05, 0.1) is 22.2 Å². The molecule has 200 valence electrons. The van der Waals surface area contributed by atoms with Crippen LogP contribution in [0.2, 0.25) is 0 Å². The van der Waals surface area contributed by atoms with E-state index < -0.39 is 12.1 Å². The quantitative estimate of drug-likeness (QED) is 0.455. The van der Waals surface area contributed by atoms with Gasteiger partial charge in [0.1, 0.15) is 10.8 Å². The Morgan fingerprint density at radius 1 is 1.16 bits per heavy atom. The van der Waals surface area contributed by atoms with Crippen LogP contribution in [0.3, 0.4) is 0 Å². The molecule has 4 N–H and O–H groups in total. The van der Waals surface area contributed by atoms with Crippen molar-refractivity contribution in [2.45, 2.75) is 50.9 Å². The zero-order valence-corrected chi connectivity index (χ0v) is 21.6. The Morgan fingerprint density at radius 2 is 2.05 bits per heavy atom. The highest BCUT2D eigenvalue weighted by atomic mass is 32.1. The summed E-state index contributed by atoms with van der Waals surface area (Å²) in [6.07, 6.45) is 3.58. The van der Waals surface area contributed by atoms with Gasteiger partial charge >= 0.3 is 0 Å². The molecule has 4 aliphatic rings. The molecule has 2 unspecified atom stereocenters. The Labute approximate surface area is 223 Å². The zero-order chi connectivity index (χ0) is 26.2. The van der Waals surface area contributed by atoms with Gasteiger partial charge in [-0.05, 0) is 55.4 Å². The van der Waals surface area contributed by atoms with Crippen molar-refractivity contribution in [3.05, 3.63) is 39.8 Å². The lowest BCUT2D eigenvalue weighted by Gasteiger charge is -2.29. The van der Waals surface area contributed by atoms with Gasteiger partial charge in [-0.3, -0.25) is 19.2 Å². The van der Waals surface area contributed by atoms with Crippen molar-refractivity contribution in [3.8, 4) is 5.75 Å². The SMILES string of the molecule is O=C1COc2ccc(CNC(=O)C3NC(=O)c4c(sc5c4CCCN(CC4CCCCO4)C5=O)N3)cc2N1. The Balaban J connectivity index is 1.13. The summed E-state index contributed by atoms with van der Waals surface area (Å²) >= 11 is 1.24. The van der Waals surface area contributed by atoms with Gasteiger partial charge in [0, 0.05) is 26.2 Å². The summed E-state index contributed by atoms with van der Waals surface area (Å²) in [7, 11) is 0. The van der Waals surface area contributed by atoms with Gasteiger partial charge in [-0.25, -0.2) is 0 Å². The molecule has 4 aliphatic heterocycles. The fourth-order valence-corrected chi connectivity index (χ4v) is 6.56. The van der Waals surface area contributed by atoms with Crippen molar-refractivity contribution in [1.82, 2.24) is 15.5 Å². The van der Waals surface area contributed by atoms with Crippen molar-refractivity contribution >= 4 is 45.7 Å². The number of benzene rings is 1. The molecule has 0 bridgehead atoms. The average Bonchev–Trinajstić information content (AvgIpc) is 3.23. The molecule has 1 aromatic heterocycles. The second-order valence-electron chi connectivity index (χ2n) is 9.89. The second kappa shape index (κ2) is 10.3. The van der Waals surface area contributed by atoms with Gasteiger partial charge in [0.15, 0.2) is 12.8 Å². The smallest absolute Gasteiger partial charge is 0.264 e. The van der Waals surface area contributed by atoms with E-state index in [-0.39, 0.29) is 37.0 Å². The molecule has 2 atom stereocenters. The minimum atomic E-state index is -0.972. The molecule has 0 saturated carbocycles. The molecule has 2 aromatic rings. The molecule has 1 fully saturated rings. The van der Waals surface area contributed by atoms with Crippen LogP contribution in [-0.2, 0) is 27.3 Å². The van der Waals surface area contributed by atoms with Crippen LogP contribution in [0.1, 0.15) is 56.8 Å². The number of thiophene rings is 1. The number of rotatable bonds is 5. The lowest BCUT2D eigenvalue weighted by atomic mass is 10.0. The molecular formula is C26H29N5O6S. The van der Waals surface area contributed by atoms with Crippen LogP contribution in [-0.4, -0.2) is 67.1 Å². The zero-order valence-electron chi connectivity index (χ0n) is 20.8. The second-order valence-corrected chi connectivity index (χ2v) is 10.9. The number of amides is 4. The summed E-state index contributed by atoms with van der Waals surface area (Å²) in [5.41, 5.74) is 2.53. The summed E-state index contributed by atoms with van der Waals surface area (Å²) in [6.45, 7) is 2.09. The predicted molar refractivity (Wildman–Crippen MR) is 139 cm³/mol. The van der Waals surface area contributed by atoms with Crippen molar-refractivity contribution < 1.29 is 28.7 Å². The number of anilines is 2. The van der Waals surface area contributed by atoms with E-state index in [0.29, 0.717) is 46.4 Å². The number of carbonyl (C=O) groups excluding carboxylic acids is 4. The highest BCUT2D eigenvalue weighted by Gasteiger charge is 2.37. The van der Waals surface area contributed by atoms with Crippen LogP contribution in [0, 0.1) is 0 Å². The third kappa shape index (κ3) is 4.81. The van der Waals surface area contributed by atoms with E-state index >= 15 is 0 Å². The molecule has 4 amide bonds. The largest absolute Gasteiger partial charge is 0.482 e. The number of nitrogens with one attached hydrogen (secondary N) is 4. The van der Waals surface area contributed by atoms with Crippen molar-refractivity contribution in [3.63, 3.8) is 0 Å². The van der Waals surface area contributed by atoms with Crippen LogP contribution >= 0.6 is 11.3 Å². The van der Waals surface area contributed by atoms with Crippen molar-refractivity contribution in [2.24, 2.45) is 0 Å². The Kier molecular flexibility index (Phi) is 6.66.